The molecule has 2 N–H and O–H groups in total. The maximum atomic E-state index is 3.56. The van der Waals surface area contributed by atoms with Crippen molar-refractivity contribution >= 4 is 9.39 Å². The Morgan fingerprint density at radius 2 is 2.07 bits per heavy atom. The molecular formula is C11H17N2P. The Balaban J connectivity index is 2.15. The van der Waals surface area contributed by atoms with Gasteiger partial charge in [-0.1, -0.05) is 39.7 Å². The number of benzene rings is 1. The Morgan fingerprint density at radius 1 is 1.29 bits per heavy atom. The van der Waals surface area contributed by atoms with Crippen molar-refractivity contribution in [2.24, 2.45) is 0 Å². The fraction of sp³-hybridized carbons (Fsp3) is 0.455. The predicted octanol–water partition coefficient (Wildman–Crippen LogP) is 1.86. The third-order valence-electron chi connectivity index (χ3n) is 2.83. The summed E-state index contributed by atoms with van der Waals surface area (Å²) < 4.78 is 0. The van der Waals surface area contributed by atoms with E-state index in [4.69, 9.17) is 0 Å². The van der Waals surface area contributed by atoms with Crippen molar-refractivity contribution in [2.75, 3.05) is 6.54 Å². The zero-order valence-corrected chi connectivity index (χ0v) is 9.39. The van der Waals surface area contributed by atoms with Gasteiger partial charge in [0.15, 0.2) is 0 Å². The molecule has 3 heteroatoms. The van der Waals surface area contributed by atoms with Gasteiger partial charge in [0.05, 0.1) is 0 Å². The van der Waals surface area contributed by atoms with Crippen LogP contribution < -0.4 is 10.4 Å². The molecule has 1 aliphatic heterocycles. The quantitative estimate of drug-likeness (QED) is 0.725. The lowest BCUT2D eigenvalue weighted by atomic mass is 9.93. The van der Waals surface area contributed by atoms with Gasteiger partial charge in [0.2, 0.25) is 0 Å². The molecule has 0 aromatic heterocycles. The van der Waals surface area contributed by atoms with E-state index < -0.39 is 0 Å². The Morgan fingerprint density at radius 3 is 2.79 bits per heavy atom. The molecule has 1 aromatic carbocycles. The third-order valence-corrected chi connectivity index (χ3v) is 3.26. The number of piperidine rings is 1. The highest BCUT2D eigenvalue weighted by Crippen LogP contribution is 2.23. The summed E-state index contributed by atoms with van der Waals surface area (Å²) in [7, 11) is 2.63. The number of nitrogens with one attached hydrogen (secondary N) is 2. The average molecular weight is 208 g/mol. The second kappa shape index (κ2) is 4.88. The molecule has 0 aliphatic carbocycles. The molecule has 0 spiro atoms. The first-order valence-corrected chi connectivity index (χ1v) is 5.74. The van der Waals surface area contributed by atoms with Crippen molar-refractivity contribution < 1.29 is 0 Å². The minimum absolute atomic E-state index is 0.461. The van der Waals surface area contributed by atoms with Crippen LogP contribution >= 0.6 is 9.39 Å². The lowest BCUT2D eigenvalue weighted by molar-refractivity contribution is 0.343. The van der Waals surface area contributed by atoms with Crippen LogP contribution in [0.25, 0.3) is 0 Å². The molecular weight excluding hydrogens is 191 g/mol. The first kappa shape index (κ1) is 10.1. The van der Waals surface area contributed by atoms with Crippen LogP contribution in [0.15, 0.2) is 30.3 Å². The van der Waals surface area contributed by atoms with Gasteiger partial charge in [-0.05, 0) is 24.9 Å². The number of hydrogen-bond acceptors (Lipinski definition) is 2. The number of hydrogen-bond donors (Lipinski definition) is 2. The molecule has 3 atom stereocenters. The zero-order chi connectivity index (χ0) is 9.80. The summed E-state index contributed by atoms with van der Waals surface area (Å²) in [5.41, 5.74) is 1.38. The lowest BCUT2D eigenvalue weighted by Crippen LogP contribution is -2.42. The van der Waals surface area contributed by atoms with E-state index in [1.807, 2.05) is 0 Å². The van der Waals surface area contributed by atoms with E-state index in [0.29, 0.717) is 12.1 Å². The van der Waals surface area contributed by atoms with Gasteiger partial charge in [0.1, 0.15) is 0 Å². The molecule has 0 amide bonds. The van der Waals surface area contributed by atoms with Gasteiger partial charge in [-0.2, -0.15) is 0 Å². The van der Waals surface area contributed by atoms with E-state index in [9.17, 15) is 0 Å². The Labute approximate surface area is 87.7 Å². The molecule has 1 unspecified atom stereocenters. The molecule has 1 aromatic rings. The van der Waals surface area contributed by atoms with E-state index in [1.54, 1.807) is 0 Å². The van der Waals surface area contributed by atoms with Crippen LogP contribution in [0.4, 0.5) is 0 Å². The first-order chi connectivity index (χ1) is 6.92. The summed E-state index contributed by atoms with van der Waals surface area (Å²) in [5, 5.41) is 6.87. The van der Waals surface area contributed by atoms with E-state index in [1.165, 1.54) is 18.4 Å². The molecule has 1 saturated heterocycles. The van der Waals surface area contributed by atoms with Crippen LogP contribution in [-0.2, 0) is 0 Å². The molecule has 76 valence electrons. The van der Waals surface area contributed by atoms with Crippen LogP contribution in [-0.4, -0.2) is 12.6 Å². The highest BCUT2D eigenvalue weighted by atomic mass is 31.0. The lowest BCUT2D eigenvalue weighted by Gasteiger charge is -2.32. The smallest absolute Gasteiger partial charge is 0.0478 e. The van der Waals surface area contributed by atoms with Gasteiger partial charge < -0.3 is 5.32 Å². The van der Waals surface area contributed by atoms with E-state index >= 15 is 0 Å². The second-order valence-electron chi connectivity index (χ2n) is 3.76. The third kappa shape index (κ3) is 2.14. The Bertz CT molecular complexity index is 276. The summed E-state index contributed by atoms with van der Waals surface area (Å²) in [4.78, 5) is 0. The van der Waals surface area contributed by atoms with Crippen LogP contribution in [0.1, 0.15) is 24.4 Å². The largest absolute Gasteiger partial charge is 0.309 e. The molecule has 2 nitrogen and oxygen atoms in total. The van der Waals surface area contributed by atoms with Gasteiger partial charge in [-0.3, -0.25) is 5.09 Å². The molecule has 0 bridgehead atoms. The van der Waals surface area contributed by atoms with Crippen molar-refractivity contribution in [1.29, 1.82) is 0 Å². The van der Waals surface area contributed by atoms with Crippen LogP contribution in [0.3, 0.4) is 0 Å². The van der Waals surface area contributed by atoms with Crippen molar-refractivity contribution in [3.63, 3.8) is 0 Å². The SMILES string of the molecule is PN[C@H]1CCCN[C@H]1c1ccccc1. The van der Waals surface area contributed by atoms with Crippen LogP contribution in [0.5, 0.6) is 0 Å². The second-order valence-corrected chi connectivity index (χ2v) is 4.09. The Kier molecular flexibility index (Phi) is 3.52. The average Bonchev–Trinajstić information content (AvgIpc) is 2.30. The summed E-state index contributed by atoms with van der Waals surface area (Å²) in [6.07, 6.45) is 2.51. The van der Waals surface area contributed by atoms with Gasteiger partial charge in [-0.25, -0.2) is 0 Å². The van der Waals surface area contributed by atoms with Crippen molar-refractivity contribution in [2.45, 2.75) is 24.9 Å². The first-order valence-electron chi connectivity index (χ1n) is 5.16. The van der Waals surface area contributed by atoms with Crippen molar-refractivity contribution in [1.82, 2.24) is 10.4 Å². The van der Waals surface area contributed by atoms with Gasteiger partial charge >= 0.3 is 0 Å². The maximum absolute atomic E-state index is 3.56. The standard InChI is InChI=1S/C11H17N2P/c14-13-10-7-4-8-12-11(10)9-5-2-1-3-6-9/h1-3,5-6,10-13H,4,7-8,14H2/t10-,11-/m0/s1. The highest BCUT2D eigenvalue weighted by molar-refractivity contribution is 7.13. The topological polar surface area (TPSA) is 24.1 Å². The summed E-state index contributed by atoms with van der Waals surface area (Å²) >= 11 is 0. The molecule has 1 heterocycles. The minimum Gasteiger partial charge on any atom is -0.309 e. The number of rotatable bonds is 2. The predicted molar refractivity (Wildman–Crippen MR) is 63.1 cm³/mol. The molecule has 0 saturated carbocycles. The Hall–Kier alpha value is -0.430. The summed E-state index contributed by atoms with van der Waals surface area (Å²) in [6.45, 7) is 1.13. The van der Waals surface area contributed by atoms with E-state index in [-0.39, 0.29) is 0 Å². The van der Waals surface area contributed by atoms with Crippen molar-refractivity contribution in [3.05, 3.63) is 35.9 Å². The van der Waals surface area contributed by atoms with E-state index in [0.717, 1.165) is 6.54 Å². The van der Waals surface area contributed by atoms with E-state index in [2.05, 4.69) is 50.1 Å². The highest BCUT2D eigenvalue weighted by Gasteiger charge is 2.24. The zero-order valence-electron chi connectivity index (χ0n) is 8.24. The van der Waals surface area contributed by atoms with Crippen LogP contribution in [0, 0.1) is 0 Å². The summed E-state index contributed by atoms with van der Waals surface area (Å²) in [5.74, 6) is 0. The molecule has 14 heavy (non-hydrogen) atoms. The van der Waals surface area contributed by atoms with Crippen molar-refractivity contribution in [3.8, 4) is 0 Å². The fourth-order valence-corrected chi connectivity index (χ4v) is 2.44. The van der Waals surface area contributed by atoms with Gasteiger partial charge in [-0.15, -0.1) is 0 Å². The van der Waals surface area contributed by atoms with Gasteiger partial charge in [0, 0.05) is 12.1 Å². The molecule has 2 rings (SSSR count). The van der Waals surface area contributed by atoms with Gasteiger partial charge in [0.25, 0.3) is 0 Å². The molecule has 1 aliphatic rings. The van der Waals surface area contributed by atoms with Crippen LogP contribution in [0.2, 0.25) is 0 Å². The molecule has 0 radical (unpaired) electrons. The monoisotopic (exact) mass is 208 g/mol. The molecule has 1 fully saturated rings. The fourth-order valence-electron chi connectivity index (χ4n) is 2.08. The maximum Gasteiger partial charge on any atom is 0.0478 e. The minimum atomic E-state index is 0.461. The summed E-state index contributed by atoms with van der Waals surface area (Å²) in [6, 6.07) is 11.7. The normalized spacial score (nSPS) is 27.5.